The van der Waals surface area contributed by atoms with Gasteiger partial charge in [-0.25, -0.2) is 4.98 Å². The summed E-state index contributed by atoms with van der Waals surface area (Å²) in [5.41, 5.74) is 11.4. The van der Waals surface area contributed by atoms with Crippen LogP contribution in [0.3, 0.4) is 0 Å². The summed E-state index contributed by atoms with van der Waals surface area (Å²) >= 11 is 10.0. The molecule has 0 bridgehead atoms. The van der Waals surface area contributed by atoms with Gasteiger partial charge in [0, 0.05) is 45.6 Å². The quantitative estimate of drug-likeness (QED) is 0.259. The van der Waals surface area contributed by atoms with E-state index in [1.165, 1.54) is 0 Å². The van der Waals surface area contributed by atoms with Crippen molar-refractivity contribution < 1.29 is 4.79 Å². The highest BCUT2D eigenvalue weighted by molar-refractivity contribution is 9.10. The standard InChI is InChI=1S/C26H20BrClN4O/c27-17-8-9-23-19(10-17)21(14-30-23)24-11-20(18-2-1-3-22(28)25(18)32-24)26(33)31-13-16-6-4-15(12-29)5-7-16/h1-11,14,30H,12-13,29H2,(H,31,33). The molecule has 2 aromatic heterocycles. The Morgan fingerprint density at radius 3 is 2.61 bits per heavy atom. The topological polar surface area (TPSA) is 83.8 Å². The van der Waals surface area contributed by atoms with Crippen LogP contribution in [0.4, 0.5) is 0 Å². The number of carbonyl (C=O) groups is 1. The first-order chi connectivity index (χ1) is 16.0. The lowest BCUT2D eigenvalue weighted by atomic mass is 10.0. The molecule has 7 heteroatoms. The zero-order valence-electron chi connectivity index (χ0n) is 17.5. The first-order valence-electron chi connectivity index (χ1n) is 10.5. The van der Waals surface area contributed by atoms with Crippen molar-refractivity contribution in [3.05, 3.63) is 99.1 Å². The number of para-hydroxylation sites is 1. The second kappa shape index (κ2) is 8.98. The number of H-pyrrole nitrogens is 1. The summed E-state index contributed by atoms with van der Waals surface area (Å²) in [6, 6.07) is 21.2. The van der Waals surface area contributed by atoms with Gasteiger partial charge in [0.15, 0.2) is 0 Å². The van der Waals surface area contributed by atoms with Crippen LogP contribution in [0.25, 0.3) is 33.1 Å². The normalized spacial score (nSPS) is 11.2. The van der Waals surface area contributed by atoms with Crippen molar-refractivity contribution >= 4 is 55.2 Å². The number of hydrogen-bond donors (Lipinski definition) is 3. The number of nitrogens with zero attached hydrogens (tertiary/aromatic N) is 1. The molecule has 0 aliphatic rings. The molecule has 5 rings (SSSR count). The average molecular weight is 520 g/mol. The van der Waals surface area contributed by atoms with Crippen molar-refractivity contribution in [2.45, 2.75) is 13.1 Å². The number of amides is 1. The van der Waals surface area contributed by atoms with Crippen LogP contribution in [0.15, 0.2) is 77.4 Å². The SMILES string of the molecule is NCc1ccc(CNC(=O)c2cc(-c3c[nH]c4ccc(Br)cc34)nc3c(Cl)cccc23)cc1. The molecule has 0 unspecified atom stereocenters. The van der Waals surface area contributed by atoms with E-state index in [4.69, 9.17) is 22.3 Å². The number of hydrogen-bond acceptors (Lipinski definition) is 3. The molecule has 1 amide bonds. The van der Waals surface area contributed by atoms with Crippen LogP contribution >= 0.6 is 27.5 Å². The Morgan fingerprint density at radius 2 is 1.82 bits per heavy atom. The minimum atomic E-state index is -0.185. The monoisotopic (exact) mass is 518 g/mol. The van der Waals surface area contributed by atoms with Gasteiger partial charge in [-0.15, -0.1) is 0 Å². The number of aromatic nitrogens is 2. The first-order valence-corrected chi connectivity index (χ1v) is 11.6. The molecule has 0 spiro atoms. The van der Waals surface area contributed by atoms with Crippen LogP contribution in [0.2, 0.25) is 5.02 Å². The number of nitrogens with one attached hydrogen (secondary N) is 2. The third-order valence-corrected chi connectivity index (χ3v) is 6.46. The Morgan fingerprint density at radius 1 is 1.03 bits per heavy atom. The number of fused-ring (bicyclic) bond motifs is 2. The molecule has 0 radical (unpaired) electrons. The molecule has 5 nitrogen and oxygen atoms in total. The van der Waals surface area contributed by atoms with E-state index in [9.17, 15) is 4.79 Å². The molecule has 5 aromatic rings. The fourth-order valence-electron chi connectivity index (χ4n) is 3.91. The smallest absolute Gasteiger partial charge is 0.252 e. The van der Waals surface area contributed by atoms with E-state index in [0.29, 0.717) is 40.3 Å². The van der Waals surface area contributed by atoms with E-state index in [1.807, 2.05) is 66.9 Å². The second-order valence-corrected chi connectivity index (χ2v) is 9.11. The van der Waals surface area contributed by atoms with Gasteiger partial charge in [0.1, 0.15) is 0 Å². The van der Waals surface area contributed by atoms with Crippen molar-refractivity contribution in [1.82, 2.24) is 15.3 Å². The summed E-state index contributed by atoms with van der Waals surface area (Å²) in [5.74, 6) is -0.185. The van der Waals surface area contributed by atoms with Crippen molar-refractivity contribution in [1.29, 1.82) is 0 Å². The summed E-state index contributed by atoms with van der Waals surface area (Å²) in [7, 11) is 0. The van der Waals surface area contributed by atoms with Crippen LogP contribution in [-0.4, -0.2) is 15.9 Å². The van der Waals surface area contributed by atoms with Crippen LogP contribution in [-0.2, 0) is 13.1 Å². The van der Waals surface area contributed by atoms with Gasteiger partial charge in [0.2, 0.25) is 0 Å². The van der Waals surface area contributed by atoms with Crippen molar-refractivity contribution in [2.75, 3.05) is 0 Å². The Labute approximate surface area is 204 Å². The minimum Gasteiger partial charge on any atom is -0.360 e. The summed E-state index contributed by atoms with van der Waals surface area (Å²) in [5, 5.41) is 5.25. The maximum atomic E-state index is 13.3. The van der Waals surface area contributed by atoms with Gasteiger partial charge in [-0.2, -0.15) is 0 Å². The summed E-state index contributed by atoms with van der Waals surface area (Å²) < 4.78 is 0.966. The lowest BCUT2D eigenvalue weighted by molar-refractivity contribution is 0.0952. The molecule has 164 valence electrons. The first kappa shape index (κ1) is 21.6. The van der Waals surface area contributed by atoms with Gasteiger partial charge < -0.3 is 16.0 Å². The van der Waals surface area contributed by atoms with E-state index in [-0.39, 0.29) is 5.91 Å². The molecule has 33 heavy (non-hydrogen) atoms. The van der Waals surface area contributed by atoms with Crippen molar-refractivity contribution in [3.63, 3.8) is 0 Å². The van der Waals surface area contributed by atoms with Gasteiger partial charge in [-0.1, -0.05) is 63.9 Å². The van der Waals surface area contributed by atoms with Crippen LogP contribution in [0.5, 0.6) is 0 Å². The van der Waals surface area contributed by atoms with E-state index in [0.717, 1.165) is 32.1 Å². The zero-order valence-corrected chi connectivity index (χ0v) is 19.9. The largest absolute Gasteiger partial charge is 0.360 e. The van der Waals surface area contributed by atoms with E-state index in [1.54, 1.807) is 6.07 Å². The molecular weight excluding hydrogens is 500 g/mol. The van der Waals surface area contributed by atoms with E-state index in [2.05, 4.69) is 26.2 Å². The number of halogens is 2. The highest BCUT2D eigenvalue weighted by Crippen LogP contribution is 2.33. The Bertz CT molecular complexity index is 1490. The fourth-order valence-corrected chi connectivity index (χ4v) is 4.49. The summed E-state index contributed by atoms with van der Waals surface area (Å²) in [4.78, 5) is 21.4. The molecule has 0 atom stereocenters. The van der Waals surface area contributed by atoms with E-state index < -0.39 is 0 Å². The predicted molar refractivity (Wildman–Crippen MR) is 137 cm³/mol. The highest BCUT2D eigenvalue weighted by Gasteiger charge is 2.17. The maximum absolute atomic E-state index is 13.3. The third kappa shape index (κ3) is 4.25. The third-order valence-electron chi connectivity index (χ3n) is 5.67. The average Bonchev–Trinajstić information content (AvgIpc) is 3.25. The molecule has 2 heterocycles. The minimum absolute atomic E-state index is 0.185. The fraction of sp³-hybridized carbons (Fsp3) is 0.0769. The van der Waals surface area contributed by atoms with Crippen LogP contribution in [0.1, 0.15) is 21.5 Å². The summed E-state index contributed by atoms with van der Waals surface area (Å²) in [6.45, 7) is 0.896. The number of aromatic amines is 1. The Balaban J connectivity index is 1.56. The predicted octanol–water partition coefficient (Wildman–Crippen LogP) is 6.19. The lowest BCUT2D eigenvalue weighted by Crippen LogP contribution is -2.23. The Kier molecular flexibility index (Phi) is 5.89. The lowest BCUT2D eigenvalue weighted by Gasteiger charge is -2.12. The zero-order chi connectivity index (χ0) is 22.9. The van der Waals surface area contributed by atoms with Crippen LogP contribution < -0.4 is 11.1 Å². The second-order valence-electron chi connectivity index (χ2n) is 7.79. The van der Waals surface area contributed by atoms with Crippen molar-refractivity contribution in [2.24, 2.45) is 5.73 Å². The van der Waals surface area contributed by atoms with Crippen LogP contribution in [0, 0.1) is 0 Å². The molecule has 4 N–H and O–H groups in total. The van der Waals surface area contributed by atoms with E-state index >= 15 is 0 Å². The molecular formula is C26H20BrClN4O. The Hall–Kier alpha value is -3.19. The molecule has 0 saturated heterocycles. The van der Waals surface area contributed by atoms with Gasteiger partial charge >= 0.3 is 0 Å². The maximum Gasteiger partial charge on any atom is 0.252 e. The van der Waals surface area contributed by atoms with Gasteiger partial charge in [0.05, 0.1) is 21.8 Å². The number of benzene rings is 3. The van der Waals surface area contributed by atoms with Gasteiger partial charge in [-0.05, 0) is 41.5 Å². The summed E-state index contributed by atoms with van der Waals surface area (Å²) in [6.07, 6.45) is 1.91. The molecule has 0 aliphatic heterocycles. The molecule has 0 aliphatic carbocycles. The molecule has 0 saturated carbocycles. The number of pyridine rings is 1. The number of rotatable bonds is 5. The van der Waals surface area contributed by atoms with Gasteiger partial charge in [-0.3, -0.25) is 4.79 Å². The molecule has 3 aromatic carbocycles. The van der Waals surface area contributed by atoms with Gasteiger partial charge in [0.25, 0.3) is 5.91 Å². The molecule has 0 fully saturated rings. The number of carbonyl (C=O) groups excluding carboxylic acids is 1. The number of nitrogens with two attached hydrogens (primary N) is 1. The highest BCUT2D eigenvalue weighted by atomic mass is 79.9. The van der Waals surface area contributed by atoms with Crippen molar-refractivity contribution in [3.8, 4) is 11.3 Å².